The first kappa shape index (κ1) is 49.5. The SMILES string of the molecule is C=C(CNC(C)(C)C(Cc1ccccc1)NC(=C)CN)NC(CCCCN)C(=C)N1CCC(C(=C)N(CCC)CCC)CC1.CC(C)C.Cc1ccccc1. The molecule has 1 heterocycles. The van der Waals surface area contributed by atoms with E-state index in [1.165, 1.54) is 16.8 Å². The molecule has 1 aliphatic heterocycles. The summed E-state index contributed by atoms with van der Waals surface area (Å²) < 4.78 is 0. The number of nitrogens with one attached hydrogen (secondary N) is 3. The van der Waals surface area contributed by atoms with Crippen LogP contribution in [0.4, 0.5) is 0 Å². The number of nitrogens with zero attached hydrogens (tertiary/aromatic N) is 2. The fourth-order valence-electron chi connectivity index (χ4n) is 6.66. The largest absolute Gasteiger partial charge is 0.383 e. The number of allylic oxidation sites excluding steroid dienone is 1. The Morgan fingerprint density at radius 2 is 1.38 bits per heavy atom. The van der Waals surface area contributed by atoms with Gasteiger partial charge in [-0.25, -0.2) is 0 Å². The first-order chi connectivity index (χ1) is 26.2. The summed E-state index contributed by atoms with van der Waals surface area (Å²) in [7, 11) is 0. The normalized spacial score (nSPS) is 14.1. The van der Waals surface area contributed by atoms with Gasteiger partial charge in [0.1, 0.15) is 0 Å². The molecule has 310 valence electrons. The maximum Gasteiger partial charge on any atom is 0.0653 e. The summed E-state index contributed by atoms with van der Waals surface area (Å²) in [6.07, 6.45) is 8.47. The van der Waals surface area contributed by atoms with Gasteiger partial charge in [0, 0.05) is 79.6 Å². The average molecular weight is 758 g/mol. The van der Waals surface area contributed by atoms with Gasteiger partial charge in [-0.3, -0.25) is 0 Å². The highest BCUT2D eigenvalue weighted by Crippen LogP contribution is 2.29. The summed E-state index contributed by atoms with van der Waals surface area (Å²) in [6.45, 7) is 41.2. The van der Waals surface area contributed by atoms with Gasteiger partial charge in [-0.05, 0) is 90.2 Å². The average Bonchev–Trinajstić information content (AvgIpc) is 3.16. The Bertz CT molecular complexity index is 1320. The number of piperidine rings is 1. The Balaban J connectivity index is 0.00000118. The van der Waals surface area contributed by atoms with Crippen LogP contribution in [0.25, 0.3) is 0 Å². The molecule has 0 amide bonds. The van der Waals surface area contributed by atoms with Crippen molar-refractivity contribution in [3.8, 4) is 0 Å². The minimum absolute atomic E-state index is 0.102. The topological polar surface area (TPSA) is 94.6 Å². The first-order valence-electron chi connectivity index (χ1n) is 21.2. The van der Waals surface area contributed by atoms with Gasteiger partial charge in [0.05, 0.1) is 6.04 Å². The monoisotopic (exact) mass is 758 g/mol. The molecule has 0 aromatic heterocycles. The van der Waals surface area contributed by atoms with Crippen LogP contribution in [0.5, 0.6) is 0 Å². The molecule has 2 aromatic rings. The van der Waals surface area contributed by atoms with Gasteiger partial charge in [0.15, 0.2) is 0 Å². The fourth-order valence-corrected chi connectivity index (χ4v) is 6.66. The predicted octanol–water partition coefficient (Wildman–Crippen LogP) is 9.15. The summed E-state index contributed by atoms with van der Waals surface area (Å²) in [4.78, 5) is 4.99. The molecule has 55 heavy (non-hydrogen) atoms. The number of rotatable bonds is 23. The minimum Gasteiger partial charge on any atom is -0.383 e. The number of aryl methyl sites for hydroxylation is 1. The highest BCUT2D eigenvalue weighted by Gasteiger charge is 2.31. The molecule has 0 radical (unpaired) electrons. The molecule has 0 spiro atoms. The number of nitrogens with two attached hydrogens (primary N) is 2. The Kier molecular flexibility index (Phi) is 25.2. The van der Waals surface area contributed by atoms with E-state index >= 15 is 0 Å². The number of unbranched alkanes of at least 4 members (excludes halogenated alkanes) is 1. The summed E-state index contributed by atoms with van der Waals surface area (Å²) in [6, 6.07) is 21.0. The van der Waals surface area contributed by atoms with Crippen molar-refractivity contribution in [3.63, 3.8) is 0 Å². The van der Waals surface area contributed by atoms with E-state index in [9.17, 15) is 0 Å². The van der Waals surface area contributed by atoms with E-state index in [0.29, 0.717) is 25.6 Å². The lowest BCUT2D eigenvalue weighted by Gasteiger charge is -2.41. The first-order valence-corrected chi connectivity index (χ1v) is 21.2. The van der Waals surface area contributed by atoms with Gasteiger partial charge in [-0.15, -0.1) is 0 Å². The van der Waals surface area contributed by atoms with Crippen molar-refractivity contribution in [3.05, 3.63) is 121 Å². The Labute approximate surface area is 339 Å². The van der Waals surface area contributed by atoms with Crippen LogP contribution < -0.4 is 27.4 Å². The molecule has 7 heteroatoms. The minimum atomic E-state index is -0.252. The molecule has 1 aliphatic rings. The van der Waals surface area contributed by atoms with Crippen LogP contribution in [-0.4, -0.2) is 73.2 Å². The standard InChI is InChI=1S/C37H65N7.C7H8.C4H10/c1-9-22-43(23-10-2)31(5)34-19-24-44(25-20-34)32(6)35(18-14-15-21-38)41-30(4)28-40-37(7,8)36(42-29(3)27-39)26-33-16-12-11-13-17-33;1-7-5-3-2-4-6-7;1-4(2)3/h11-13,16-17,34-36,40-42H,3-6,9-10,14-15,18-28,38-39H2,1-2,7-8H3;2-6H,1H3;4H,1-3H3. The Hall–Kier alpha value is -3.52. The zero-order valence-corrected chi connectivity index (χ0v) is 36.6. The van der Waals surface area contributed by atoms with Gasteiger partial charge >= 0.3 is 0 Å². The molecular formula is C48H83N7. The summed E-state index contributed by atoms with van der Waals surface area (Å²) >= 11 is 0. The molecule has 2 aromatic carbocycles. The van der Waals surface area contributed by atoms with Crippen molar-refractivity contribution in [2.75, 3.05) is 45.8 Å². The third-order valence-corrected chi connectivity index (χ3v) is 9.97. The van der Waals surface area contributed by atoms with Crippen molar-refractivity contribution < 1.29 is 0 Å². The summed E-state index contributed by atoms with van der Waals surface area (Å²) in [5, 5.41) is 11.1. The zero-order valence-electron chi connectivity index (χ0n) is 36.6. The van der Waals surface area contributed by atoms with Gasteiger partial charge in [-0.1, -0.05) is 127 Å². The second-order valence-corrected chi connectivity index (χ2v) is 16.5. The third kappa shape index (κ3) is 20.8. The maximum absolute atomic E-state index is 5.90. The van der Waals surface area contributed by atoms with E-state index in [4.69, 9.17) is 11.5 Å². The van der Waals surface area contributed by atoms with E-state index in [2.05, 4.69) is 150 Å². The molecule has 7 nitrogen and oxygen atoms in total. The maximum atomic E-state index is 5.90. The van der Waals surface area contributed by atoms with E-state index in [1.54, 1.807) is 0 Å². The smallest absolute Gasteiger partial charge is 0.0653 e. The van der Waals surface area contributed by atoms with Gasteiger partial charge in [0.25, 0.3) is 0 Å². The molecule has 0 bridgehead atoms. The van der Waals surface area contributed by atoms with Gasteiger partial charge < -0.3 is 37.2 Å². The van der Waals surface area contributed by atoms with Crippen LogP contribution in [0.3, 0.4) is 0 Å². The van der Waals surface area contributed by atoms with Gasteiger partial charge in [-0.2, -0.15) is 0 Å². The third-order valence-electron chi connectivity index (χ3n) is 9.97. The lowest BCUT2D eigenvalue weighted by atomic mass is 9.88. The van der Waals surface area contributed by atoms with Crippen molar-refractivity contribution in [1.82, 2.24) is 25.8 Å². The van der Waals surface area contributed by atoms with Crippen molar-refractivity contribution in [1.29, 1.82) is 0 Å². The summed E-state index contributed by atoms with van der Waals surface area (Å²) in [5.41, 5.74) is 18.4. The molecule has 0 saturated carbocycles. The zero-order chi connectivity index (χ0) is 41.2. The molecule has 2 unspecified atom stereocenters. The number of likely N-dealkylation sites (tertiary alicyclic amines) is 1. The molecule has 1 saturated heterocycles. The van der Waals surface area contributed by atoms with E-state index in [0.717, 1.165) is 101 Å². The van der Waals surface area contributed by atoms with Crippen molar-refractivity contribution >= 4 is 0 Å². The van der Waals surface area contributed by atoms with Crippen molar-refractivity contribution in [2.45, 2.75) is 124 Å². The summed E-state index contributed by atoms with van der Waals surface area (Å²) in [5.74, 6) is 1.38. The van der Waals surface area contributed by atoms with E-state index in [1.807, 2.05) is 18.2 Å². The Morgan fingerprint density at radius 1 is 0.836 bits per heavy atom. The second kappa shape index (κ2) is 28.0. The molecule has 2 atom stereocenters. The van der Waals surface area contributed by atoms with Crippen LogP contribution >= 0.6 is 0 Å². The van der Waals surface area contributed by atoms with E-state index < -0.39 is 0 Å². The van der Waals surface area contributed by atoms with Crippen LogP contribution in [0, 0.1) is 18.8 Å². The predicted molar refractivity (Wildman–Crippen MR) is 243 cm³/mol. The molecule has 0 aliphatic carbocycles. The Morgan fingerprint density at radius 3 is 1.85 bits per heavy atom. The van der Waals surface area contributed by atoms with Crippen LogP contribution in [0.2, 0.25) is 0 Å². The van der Waals surface area contributed by atoms with Crippen LogP contribution in [-0.2, 0) is 6.42 Å². The quantitative estimate of drug-likeness (QED) is 0.0723. The number of hydrogen-bond donors (Lipinski definition) is 5. The lowest BCUT2D eigenvalue weighted by molar-refractivity contribution is 0.197. The highest BCUT2D eigenvalue weighted by molar-refractivity contribution is 5.19. The molecular weight excluding hydrogens is 675 g/mol. The molecule has 7 N–H and O–H groups in total. The second-order valence-electron chi connectivity index (χ2n) is 16.5. The molecule has 3 rings (SSSR count). The fraction of sp³-hybridized carbons (Fsp3) is 0.583. The van der Waals surface area contributed by atoms with Gasteiger partial charge in [0.2, 0.25) is 0 Å². The van der Waals surface area contributed by atoms with Crippen LogP contribution in [0.1, 0.15) is 105 Å². The van der Waals surface area contributed by atoms with Crippen molar-refractivity contribution in [2.24, 2.45) is 23.3 Å². The highest BCUT2D eigenvalue weighted by atomic mass is 15.2. The number of hydrogen-bond acceptors (Lipinski definition) is 7. The van der Waals surface area contributed by atoms with Crippen LogP contribution in [0.15, 0.2) is 110 Å². The number of benzene rings is 2. The molecule has 1 fully saturated rings. The van der Waals surface area contributed by atoms with E-state index in [-0.39, 0.29) is 17.6 Å². The lowest BCUT2D eigenvalue weighted by Crippen LogP contribution is -2.58.